The number of fused-ring (bicyclic) bond motifs is 1. The van der Waals surface area contributed by atoms with Crippen LogP contribution in [0.3, 0.4) is 0 Å². The number of sulfonamides is 1. The van der Waals surface area contributed by atoms with Crippen LogP contribution in [0.25, 0.3) is 0 Å². The van der Waals surface area contributed by atoms with Gasteiger partial charge in [-0.3, -0.25) is 4.79 Å². The van der Waals surface area contributed by atoms with E-state index in [1.807, 2.05) is 25.1 Å². The number of hydrogen-bond donors (Lipinski definition) is 1. The number of hydrogen-bond acceptors (Lipinski definition) is 3. The highest BCUT2D eigenvalue weighted by Crippen LogP contribution is 2.31. The first-order valence-corrected chi connectivity index (χ1v) is 10.0. The molecule has 0 spiro atoms. The molecule has 1 aliphatic heterocycles. The fourth-order valence-electron chi connectivity index (χ4n) is 3.69. The van der Waals surface area contributed by atoms with Crippen LogP contribution in [-0.4, -0.2) is 37.0 Å². The fraction of sp³-hybridized carbons (Fsp3) is 0.588. The number of carbonyl (C=O) groups excluding carboxylic acids is 1. The van der Waals surface area contributed by atoms with Gasteiger partial charge in [0.1, 0.15) is 6.04 Å². The molecule has 0 saturated carbocycles. The van der Waals surface area contributed by atoms with Crippen LogP contribution in [0.4, 0.5) is 0 Å². The van der Waals surface area contributed by atoms with Crippen molar-refractivity contribution >= 4 is 15.9 Å². The van der Waals surface area contributed by atoms with Gasteiger partial charge in [-0.1, -0.05) is 31.2 Å². The lowest BCUT2D eigenvalue weighted by atomic mass is 10.1. The molecule has 1 N–H and O–H groups in total. The van der Waals surface area contributed by atoms with Gasteiger partial charge in [0.05, 0.1) is 11.8 Å². The Balaban J connectivity index is 1.71. The maximum atomic E-state index is 12.7. The number of nitrogens with one attached hydrogen (secondary N) is 1. The first-order valence-electron chi connectivity index (χ1n) is 8.40. The average molecular weight is 336 g/mol. The lowest BCUT2D eigenvalue weighted by molar-refractivity contribution is -0.125. The molecular formula is C17H24N2O3S. The summed E-state index contributed by atoms with van der Waals surface area (Å²) in [5, 5.41) is 3.08. The van der Waals surface area contributed by atoms with E-state index in [0.29, 0.717) is 19.4 Å². The number of amides is 1. The SMILES string of the molecule is CCCS(=O)(=O)N1CCCC1C(=O)NC1CCc2ccccc21. The Kier molecular flexibility index (Phi) is 4.73. The third kappa shape index (κ3) is 3.28. The summed E-state index contributed by atoms with van der Waals surface area (Å²) in [5.41, 5.74) is 2.45. The maximum Gasteiger partial charge on any atom is 0.238 e. The number of nitrogens with zero attached hydrogens (tertiary/aromatic N) is 1. The largest absolute Gasteiger partial charge is 0.348 e. The average Bonchev–Trinajstić information content (AvgIpc) is 3.15. The molecule has 1 aromatic carbocycles. The number of benzene rings is 1. The van der Waals surface area contributed by atoms with Crippen molar-refractivity contribution in [2.24, 2.45) is 0 Å². The number of rotatable bonds is 5. The second kappa shape index (κ2) is 6.61. The van der Waals surface area contributed by atoms with E-state index in [-0.39, 0.29) is 17.7 Å². The molecule has 2 unspecified atom stereocenters. The van der Waals surface area contributed by atoms with Crippen molar-refractivity contribution in [3.05, 3.63) is 35.4 Å². The minimum absolute atomic E-state index is 0.00929. The third-order valence-electron chi connectivity index (χ3n) is 4.78. The molecule has 2 atom stereocenters. The molecule has 0 bridgehead atoms. The zero-order chi connectivity index (χ0) is 16.4. The second-order valence-electron chi connectivity index (χ2n) is 6.38. The highest BCUT2D eigenvalue weighted by Gasteiger charge is 2.39. The molecule has 5 nitrogen and oxygen atoms in total. The number of carbonyl (C=O) groups is 1. The molecule has 0 radical (unpaired) electrons. The van der Waals surface area contributed by atoms with Gasteiger partial charge in [0.15, 0.2) is 0 Å². The Labute approximate surface area is 138 Å². The van der Waals surface area contributed by atoms with Crippen LogP contribution in [0.2, 0.25) is 0 Å². The molecule has 6 heteroatoms. The van der Waals surface area contributed by atoms with Crippen molar-refractivity contribution in [2.75, 3.05) is 12.3 Å². The van der Waals surface area contributed by atoms with E-state index in [0.717, 1.165) is 19.3 Å². The minimum atomic E-state index is -3.33. The van der Waals surface area contributed by atoms with Gasteiger partial charge in [-0.15, -0.1) is 0 Å². The van der Waals surface area contributed by atoms with Gasteiger partial charge in [0.2, 0.25) is 15.9 Å². The van der Waals surface area contributed by atoms with Gasteiger partial charge in [0, 0.05) is 6.54 Å². The van der Waals surface area contributed by atoms with Gasteiger partial charge in [-0.25, -0.2) is 8.42 Å². The van der Waals surface area contributed by atoms with Crippen LogP contribution in [-0.2, 0) is 21.2 Å². The van der Waals surface area contributed by atoms with Gasteiger partial charge in [-0.05, 0) is 43.2 Å². The lowest BCUT2D eigenvalue weighted by Gasteiger charge is -2.25. The van der Waals surface area contributed by atoms with Crippen molar-refractivity contribution in [2.45, 2.75) is 51.1 Å². The third-order valence-corrected chi connectivity index (χ3v) is 6.85. The molecule has 1 saturated heterocycles. The van der Waals surface area contributed by atoms with Crippen LogP contribution in [0, 0.1) is 0 Å². The van der Waals surface area contributed by atoms with Gasteiger partial charge in [-0.2, -0.15) is 4.31 Å². The quantitative estimate of drug-likeness (QED) is 0.894. The summed E-state index contributed by atoms with van der Waals surface area (Å²) in [6.07, 6.45) is 3.79. The molecule has 2 aliphatic rings. The monoisotopic (exact) mass is 336 g/mol. The molecule has 126 valence electrons. The topological polar surface area (TPSA) is 66.5 Å². The summed E-state index contributed by atoms with van der Waals surface area (Å²) in [7, 11) is -3.33. The van der Waals surface area contributed by atoms with E-state index in [9.17, 15) is 13.2 Å². The molecule has 1 amide bonds. The van der Waals surface area contributed by atoms with Crippen molar-refractivity contribution in [1.29, 1.82) is 0 Å². The van der Waals surface area contributed by atoms with Crippen molar-refractivity contribution < 1.29 is 13.2 Å². The Morgan fingerprint density at radius 1 is 1.30 bits per heavy atom. The van der Waals surface area contributed by atoms with E-state index < -0.39 is 16.1 Å². The predicted molar refractivity (Wildman–Crippen MR) is 89.5 cm³/mol. The lowest BCUT2D eigenvalue weighted by Crippen LogP contribution is -2.47. The summed E-state index contributed by atoms with van der Waals surface area (Å²) in [6.45, 7) is 2.31. The Morgan fingerprint density at radius 2 is 2.09 bits per heavy atom. The van der Waals surface area contributed by atoms with Crippen LogP contribution in [0.5, 0.6) is 0 Å². The predicted octanol–water partition coefficient (Wildman–Crippen LogP) is 1.99. The van der Waals surface area contributed by atoms with Gasteiger partial charge < -0.3 is 5.32 Å². The molecule has 0 aromatic heterocycles. The van der Waals surface area contributed by atoms with E-state index in [2.05, 4.69) is 11.4 Å². The van der Waals surface area contributed by atoms with E-state index in [4.69, 9.17) is 0 Å². The molecule has 23 heavy (non-hydrogen) atoms. The standard InChI is InChI=1S/C17H24N2O3S/c1-2-12-23(21,22)19-11-5-8-16(19)17(20)18-15-10-9-13-6-3-4-7-14(13)15/h3-4,6-7,15-16H,2,5,8-12H2,1H3,(H,18,20). The van der Waals surface area contributed by atoms with Crippen LogP contribution < -0.4 is 5.32 Å². The Bertz CT molecular complexity index is 687. The van der Waals surface area contributed by atoms with Gasteiger partial charge >= 0.3 is 0 Å². The van der Waals surface area contributed by atoms with E-state index in [1.165, 1.54) is 15.4 Å². The molecule has 1 aromatic rings. The maximum absolute atomic E-state index is 12.7. The summed E-state index contributed by atoms with van der Waals surface area (Å²) in [4.78, 5) is 12.7. The highest BCUT2D eigenvalue weighted by atomic mass is 32.2. The smallest absolute Gasteiger partial charge is 0.238 e. The van der Waals surface area contributed by atoms with Crippen LogP contribution in [0.1, 0.15) is 49.8 Å². The molecular weight excluding hydrogens is 312 g/mol. The van der Waals surface area contributed by atoms with Crippen molar-refractivity contribution in [1.82, 2.24) is 9.62 Å². The molecule has 3 rings (SSSR count). The number of aryl methyl sites for hydroxylation is 1. The van der Waals surface area contributed by atoms with Crippen LogP contribution >= 0.6 is 0 Å². The second-order valence-corrected chi connectivity index (χ2v) is 8.42. The van der Waals surface area contributed by atoms with Gasteiger partial charge in [0.25, 0.3) is 0 Å². The Hall–Kier alpha value is -1.40. The van der Waals surface area contributed by atoms with E-state index in [1.54, 1.807) is 0 Å². The zero-order valence-corrected chi connectivity index (χ0v) is 14.3. The summed E-state index contributed by atoms with van der Waals surface area (Å²) >= 11 is 0. The van der Waals surface area contributed by atoms with E-state index >= 15 is 0 Å². The summed E-state index contributed by atoms with van der Waals surface area (Å²) in [6, 6.07) is 7.60. The normalized spacial score (nSPS) is 24.6. The zero-order valence-electron chi connectivity index (χ0n) is 13.5. The van der Waals surface area contributed by atoms with Crippen molar-refractivity contribution in [3.63, 3.8) is 0 Å². The highest BCUT2D eigenvalue weighted by molar-refractivity contribution is 7.89. The molecule has 1 fully saturated rings. The Morgan fingerprint density at radius 3 is 2.87 bits per heavy atom. The fourth-order valence-corrected chi connectivity index (χ4v) is 5.43. The van der Waals surface area contributed by atoms with Crippen molar-refractivity contribution in [3.8, 4) is 0 Å². The molecule has 1 heterocycles. The summed E-state index contributed by atoms with van der Waals surface area (Å²) in [5.74, 6) is -0.0351. The minimum Gasteiger partial charge on any atom is -0.348 e. The first-order chi connectivity index (χ1) is 11.0. The first kappa shape index (κ1) is 16.5. The summed E-state index contributed by atoms with van der Waals surface area (Å²) < 4.78 is 26.1. The van der Waals surface area contributed by atoms with Crippen LogP contribution in [0.15, 0.2) is 24.3 Å². The molecule has 1 aliphatic carbocycles.